The van der Waals surface area contributed by atoms with Gasteiger partial charge < -0.3 is 4.57 Å². The van der Waals surface area contributed by atoms with Gasteiger partial charge in [0.1, 0.15) is 0 Å². The van der Waals surface area contributed by atoms with Crippen LogP contribution >= 0.6 is 22.6 Å². The molecule has 2 aromatic carbocycles. The number of aromatic nitrogens is 1. The Labute approximate surface area is 162 Å². The van der Waals surface area contributed by atoms with Crippen molar-refractivity contribution in [3.05, 3.63) is 86.2 Å². The van der Waals surface area contributed by atoms with Gasteiger partial charge in [-0.2, -0.15) is 5.26 Å². The molecule has 0 amide bonds. The van der Waals surface area contributed by atoms with Gasteiger partial charge in [-0.3, -0.25) is 0 Å². The Balaban J connectivity index is 2.08. The summed E-state index contributed by atoms with van der Waals surface area (Å²) in [6.45, 7) is 6.25. The second-order valence-electron chi connectivity index (χ2n) is 6.18. The quantitative estimate of drug-likeness (QED) is 0.360. The maximum Gasteiger partial charge on any atom is 0.0998 e. The molecule has 124 valence electrons. The number of hydrogen-bond acceptors (Lipinski definition) is 1. The SMILES string of the molecule is Cc1ccc(/C(C#N)=C\c2cc(C)n(-c3cccc(I)c3)c2C)cc1. The third-order valence-electron chi connectivity index (χ3n) is 4.32. The minimum absolute atomic E-state index is 0.683. The molecule has 0 N–H and O–H groups in total. The minimum atomic E-state index is 0.683. The van der Waals surface area contributed by atoms with Gasteiger partial charge in [-0.25, -0.2) is 0 Å². The van der Waals surface area contributed by atoms with Crippen LogP contribution < -0.4 is 0 Å². The van der Waals surface area contributed by atoms with Crippen molar-refractivity contribution in [2.75, 3.05) is 0 Å². The Kier molecular flexibility index (Phi) is 5.10. The normalized spacial score (nSPS) is 11.4. The van der Waals surface area contributed by atoms with E-state index in [-0.39, 0.29) is 0 Å². The Hall–Kier alpha value is -2.32. The number of halogens is 1. The molecule has 3 heteroatoms. The lowest BCUT2D eigenvalue weighted by Crippen LogP contribution is -1.99. The van der Waals surface area contributed by atoms with Gasteiger partial charge in [-0.1, -0.05) is 35.9 Å². The van der Waals surface area contributed by atoms with E-state index in [4.69, 9.17) is 0 Å². The Morgan fingerprint density at radius 3 is 2.40 bits per heavy atom. The zero-order valence-electron chi connectivity index (χ0n) is 14.5. The first-order valence-electron chi connectivity index (χ1n) is 8.13. The van der Waals surface area contributed by atoms with Gasteiger partial charge in [0, 0.05) is 20.6 Å². The van der Waals surface area contributed by atoms with Crippen LogP contribution in [-0.2, 0) is 0 Å². The molecule has 3 aromatic rings. The van der Waals surface area contributed by atoms with Crippen molar-refractivity contribution in [2.24, 2.45) is 0 Å². The maximum atomic E-state index is 9.60. The average Bonchev–Trinajstić information content (AvgIpc) is 2.87. The second-order valence-corrected chi connectivity index (χ2v) is 7.42. The summed E-state index contributed by atoms with van der Waals surface area (Å²) in [5, 5.41) is 9.60. The van der Waals surface area contributed by atoms with E-state index >= 15 is 0 Å². The van der Waals surface area contributed by atoms with Crippen molar-refractivity contribution in [3.63, 3.8) is 0 Å². The third-order valence-corrected chi connectivity index (χ3v) is 4.99. The van der Waals surface area contributed by atoms with Crippen LogP contribution in [0.3, 0.4) is 0 Å². The van der Waals surface area contributed by atoms with Crippen molar-refractivity contribution >= 4 is 34.2 Å². The van der Waals surface area contributed by atoms with Crippen molar-refractivity contribution in [3.8, 4) is 11.8 Å². The Morgan fingerprint density at radius 2 is 1.76 bits per heavy atom. The molecule has 0 saturated heterocycles. The van der Waals surface area contributed by atoms with Crippen LogP contribution in [0.5, 0.6) is 0 Å². The van der Waals surface area contributed by atoms with Crippen LogP contribution in [0.15, 0.2) is 54.6 Å². The molecule has 3 rings (SSSR count). The lowest BCUT2D eigenvalue weighted by molar-refractivity contribution is 0.963. The first-order valence-corrected chi connectivity index (χ1v) is 9.21. The largest absolute Gasteiger partial charge is 0.318 e. The van der Waals surface area contributed by atoms with Crippen LogP contribution in [0.2, 0.25) is 0 Å². The van der Waals surface area contributed by atoms with Crippen molar-refractivity contribution in [1.29, 1.82) is 5.26 Å². The Bertz CT molecular complexity index is 986. The van der Waals surface area contributed by atoms with Crippen LogP contribution in [0, 0.1) is 35.7 Å². The number of benzene rings is 2. The second kappa shape index (κ2) is 7.28. The lowest BCUT2D eigenvalue weighted by atomic mass is 10.0. The fraction of sp³-hybridized carbons (Fsp3) is 0.136. The van der Waals surface area contributed by atoms with E-state index in [1.165, 1.54) is 9.13 Å². The number of aryl methyl sites for hydroxylation is 2. The molecule has 25 heavy (non-hydrogen) atoms. The van der Waals surface area contributed by atoms with Crippen LogP contribution in [-0.4, -0.2) is 4.57 Å². The maximum absolute atomic E-state index is 9.60. The van der Waals surface area contributed by atoms with Gasteiger partial charge in [-0.15, -0.1) is 0 Å². The van der Waals surface area contributed by atoms with Crippen molar-refractivity contribution in [2.45, 2.75) is 20.8 Å². The summed E-state index contributed by atoms with van der Waals surface area (Å²) in [6.07, 6.45) is 1.98. The summed E-state index contributed by atoms with van der Waals surface area (Å²) in [6, 6.07) is 21.0. The molecule has 0 radical (unpaired) electrons. The van der Waals surface area contributed by atoms with Gasteiger partial charge in [-0.05, 0) is 84.8 Å². The van der Waals surface area contributed by atoms with E-state index < -0.39 is 0 Å². The lowest BCUT2D eigenvalue weighted by Gasteiger charge is -2.10. The molecule has 0 aliphatic carbocycles. The van der Waals surface area contributed by atoms with E-state index in [9.17, 15) is 5.26 Å². The van der Waals surface area contributed by atoms with E-state index in [1.54, 1.807) is 0 Å². The molecule has 1 aromatic heterocycles. The zero-order valence-corrected chi connectivity index (χ0v) is 16.7. The molecule has 0 aliphatic heterocycles. The minimum Gasteiger partial charge on any atom is -0.318 e. The van der Waals surface area contributed by atoms with Gasteiger partial charge in [0.05, 0.1) is 11.6 Å². The molecule has 0 bridgehead atoms. The molecule has 0 unspecified atom stereocenters. The van der Waals surface area contributed by atoms with E-state index in [1.807, 2.05) is 37.3 Å². The summed E-state index contributed by atoms with van der Waals surface area (Å²) in [7, 11) is 0. The number of allylic oxidation sites excluding steroid dienone is 1. The molecular formula is C22H19IN2. The Morgan fingerprint density at radius 1 is 1.04 bits per heavy atom. The number of nitrogens with zero attached hydrogens (tertiary/aromatic N) is 2. The topological polar surface area (TPSA) is 28.7 Å². The van der Waals surface area contributed by atoms with Gasteiger partial charge in [0.15, 0.2) is 0 Å². The molecule has 1 heterocycles. The molecule has 0 atom stereocenters. The number of hydrogen-bond donors (Lipinski definition) is 0. The highest BCUT2D eigenvalue weighted by Crippen LogP contribution is 2.26. The van der Waals surface area contributed by atoms with Crippen LogP contribution in [0.25, 0.3) is 17.3 Å². The summed E-state index contributed by atoms with van der Waals surface area (Å²) in [4.78, 5) is 0. The molecule has 0 aliphatic rings. The number of rotatable bonds is 3. The molecule has 2 nitrogen and oxygen atoms in total. The zero-order chi connectivity index (χ0) is 18.0. The van der Waals surface area contributed by atoms with E-state index in [0.29, 0.717) is 5.57 Å². The molecule has 0 saturated carbocycles. The monoisotopic (exact) mass is 438 g/mol. The first kappa shape index (κ1) is 17.5. The summed E-state index contributed by atoms with van der Waals surface area (Å²) in [5.74, 6) is 0. The van der Waals surface area contributed by atoms with Gasteiger partial charge >= 0.3 is 0 Å². The summed E-state index contributed by atoms with van der Waals surface area (Å²) in [5.41, 5.74) is 7.35. The van der Waals surface area contributed by atoms with E-state index in [2.05, 4.69) is 77.4 Å². The number of nitriles is 1. The van der Waals surface area contributed by atoms with Crippen LogP contribution in [0.1, 0.15) is 28.1 Å². The standard InChI is InChI=1S/C22H19IN2/c1-15-7-9-18(10-8-15)20(14-24)12-19-11-16(2)25(17(19)3)22-6-4-5-21(23)13-22/h4-13H,1-3H3/b20-12-. The highest BCUT2D eigenvalue weighted by molar-refractivity contribution is 14.1. The fourth-order valence-electron chi connectivity index (χ4n) is 3.02. The highest BCUT2D eigenvalue weighted by Gasteiger charge is 2.11. The molecule has 0 fully saturated rings. The smallest absolute Gasteiger partial charge is 0.0998 e. The predicted octanol–water partition coefficient (Wildman–Crippen LogP) is 6.07. The van der Waals surface area contributed by atoms with Gasteiger partial charge in [0.2, 0.25) is 0 Å². The van der Waals surface area contributed by atoms with Gasteiger partial charge in [0.25, 0.3) is 0 Å². The summed E-state index contributed by atoms with van der Waals surface area (Å²) < 4.78 is 3.44. The highest BCUT2D eigenvalue weighted by atomic mass is 127. The summed E-state index contributed by atoms with van der Waals surface area (Å²) >= 11 is 2.33. The fourth-order valence-corrected chi connectivity index (χ4v) is 3.54. The molecular weight excluding hydrogens is 419 g/mol. The average molecular weight is 438 g/mol. The predicted molar refractivity (Wildman–Crippen MR) is 113 cm³/mol. The van der Waals surface area contributed by atoms with Crippen molar-refractivity contribution in [1.82, 2.24) is 4.57 Å². The molecule has 0 spiro atoms. The van der Waals surface area contributed by atoms with Crippen molar-refractivity contribution < 1.29 is 0 Å². The third kappa shape index (κ3) is 3.69. The van der Waals surface area contributed by atoms with E-state index in [0.717, 1.165) is 28.2 Å². The van der Waals surface area contributed by atoms with Crippen LogP contribution in [0.4, 0.5) is 0 Å². The first-order chi connectivity index (χ1) is 12.0.